The van der Waals surface area contributed by atoms with Crippen molar-refractivity contribution in [1.82, 2.24) is 0 Å². The molecule has 10 heteroatoms. The lowest BCUT2D eigenvalue weighted by molar-refractivity contribution is -0.142. The van der Waals surface area contributed by atoms with Crippen LogP contribution in [-0.4, -0.2) is 44.0 Å². The average molecular weight is 581 g/mol. The summed E-state index contributed by atoms with van der Waals surface area (Å²) < 4.78 is 20.3. The minimum absolute atomic E-state index is 0.0419. The zero-order valence-corrected chi connectivity index (χ0v) is 24.7. The number of methoxy groups -OCH3 is 1. The fourth-order valence-electron chi connectivity index (χ4n) is 4.50. The van der Waals surface area contributed by atoms with E-state index in [2.05, 4.69) is 11.7 Å². The lowest BCUT2D eigenvalue weighted by Crippen LogP contribution is -2.24. The van der Waals surface area contributed by atoms with Gasteiger partial charge in [-0.1, -0.05) is 18.5 Å². The Kier molecular flexibility index (Phi) is 13.5. The molecule has 1 aromatic heterocycles. The van der Waals surface area contributed by atoms with Gasteiger partial charge in [0.25, 0.3) is 0 Å². The number of benzene rings is 1. The molecule has 0 unspecified atom stereocenters. The Morgan fingerprint density at radius 3 is 2.41 bits per heavy atom. The zero-order chi connectivity index (χ0) is 28.9. The number of rotatable bonds is 11. The van der Waals surface area contributed by atoms with Crippen LogP contribution in [-0.2, 0) is 41.6 Å². The minimum atomic E-state index is -0.359. The Labute approximate surface area is 238 Å². The highest BCUT2D eigenvalue weighted by Gasteiger charge is 2.39. The van der Waals surface area contributed by atoms with Crippen molar-refractivity contribution < 1.29 is 38.1 Å². The molecule has 0 radical (unpaired) electrons. The van der Waals surface area contributed by atoms with Gasteiger partial charge in [0.15, 0.2) is 0 Å². The molecule has 0 bridgehead atoms. The number of hydrogen-bond acceptors (Lipinski definition) is 9. The van der Waals surface area contributed by atoms with E-state index in [1.165, 1.54) is 32.3 Å². The fraction of sp³-hybridized carbons (Fsp3) is 0.517. The first-order valence-corrected chi connectivity index (χ1v) is 14.1. The van der Waals surface area contributed by atoms with E-state index in [9.17, 15) is 19.2 Å². The van der Waals surface area contributed by atoms with Gasteiger partial charge in [0.1, 0.15) is 23.0 Å². The molecule has 0 saturated heterocycles. The van der Waals surface area contributed by atoms with Gasteiger partial charge in [0.05, 0.1) is 20.3 Å². The summed E-state index contributed by atoms with van der Waals surface area (Å²) in [5.41, 5.74) is 0.752. The molecule has 3 atom stereocenters. The summed E-state index contributed by atoms with van der Waals surface area (Å²) in [6.45, 7) is 7.67. The van der Waals surface area contributed by atoms with Crippen LogP contribution < -0.4 is 4.74 Å². The first-order chi connectivity index (χ1) is 18.5. The molecule has 2 aromatic rings. The second kappa shape index (κ2) is 16.3. The van der Waals surface area contributed by atoms with Gasteiger partial charge in [-0.2, -0.15) is 0 Å². The van der Waals surface area contributed by atoms with Gasteiger partial charge >= 0.3 is 17.9 Å². The molecule has 1 heterocycles. The highest BCUT2D eigenvalue weighted by atomic mass is 35.5. The zero-order valence-electron chi connectivity index (χ0n) is 23.1. The lowest BCUT2D eigenvalue weighted by Gasteiger charge is -2.22. The van der Waals surface area contributed by atoms with Crippen LogP contribution in [0.15, 0.2) is 30.3 Å². The van der Waals surface area contributed by atoms with Crippen LogP contribution in [0, 0.1) is 17.8 Å². The Morgan fingerprint density at radius 1 is 1.08 bits per heavy atom. The number of Topliss-reactive ketones (excluding diaryl/α,β-unsaturated/α-hetero) is 1. The first kappa shape index (κ1) is 32.3. The van der Waals surface area contributed by atoms with Crippen LogP contribution in [0.2, 0.25) is 5.02 Å². The van der Waals surface area contributed by atoms with Gasteiger partial charge in [0, 0.05) is 42.0 Å². The number of carbonyl (C=O) groups is 4. The molecular formula is C29H37ClO8S. The minimum Gasteiger partial charge on any atom is -0.493 e. The molecule has 3 rings (SSSR count). The van der Waals surface area contributed by atoms with E-state index in [1.807, 2.05) is 6.07 Å². The Morgan fingerprint density at radius 2 is 1.79 bits per heavy atom. The van der Waals surface area contributed by atoms with Crippen molar-refractivity contribution in [3.63, 3.8) is 0 Å². The van der Waals surface area contributed by atoms with Crippen molar-refractivity contribution in [2.75, 3.05) is 20.3 Å². The van der Waals surface area contributed by atoms with E-state index in [-0.39, 0.29) is 42.3 Å². The number of halogens is 1. The van der Waals surface area contributed by atoms with E-state index in [4.69, 9.17) is 25.8 Å². The van der Waals surface area contributed by atoms with Crippen molar-refractivity contribution in [2.24, 2.45) is 17.8 Å². The number of ether oxygens (including phenoxy) is 4. The molecule has 1 aliphatic rings. The van der Waals surface area contributed by atoms with Gasteiger partial charge in [-0.3, -0.25) is 14.4 Å². The maximum absolute atomic E-state index is 12.7. The normalized spacial score (nSPS) is 18.1. The van der Waals surface area contributed by atoms with Crippen LogP contribution in [0.25, 0.3) is 0 Å². The quantitative estimate of drug-likeness (QED) is 0.233. The standard InChI is InChI=1S/C25H29ClO6S.C4H8O2/c1-15-9-23(28)21(6-4-5-20-7-8-24(33-20)25(29)30-3)22(15)14-32-19-11-17(10-18(26)12-19)13-31-16(2)27;1-3-6-4(2)5/h7-8,10-12,15,21-22H,4-6,9,13-14H2,1-3H3;3H2,1-2H3/t15-,21-,22+;/m1./s1. The third-order valence-corrected chi connectivity index (χ3v) is 7.68. The molecule has 1 aromatic carbocycles. The summed E-state index contributed by atoms with van der Waals surface area (Å²) in [7, 11) is 1.38. The average Bonchev–Trinajstić information content (AvgIpc) is 3.45. The first-order valence-electron chi connectivity index (χ1n) is 12.9. The number of thiophene rings is 1. The number of aryl methyl sites for hydroxylation is 1. The molecular weight excluding hydrogens is 544 g/mol. The Bertz CT molecular complexity index is 1130. The van der Waals surface area contributed by atoms with Crippen molar-refractivity contribution in [3.05, 3.63) is 50.7 Å². The summed E-state index contributed by atoms with van der Waals surface area (Å²) >= 11 is 7.63. The molecule has 39 heavy (non-hydrogen) atoms. The Balaban J connectivity index is 0.000000798. The van der Waals surface area contributed by atoms with Crippen LogP contribution in [0.5, 0.6) is 5.75 Å². The molecule has 8 nitrogen and oxygen atoms in total. The smallest absolute Gasteiger partial charge is 0.348 e. The predicted octanol–water partition coefficient (Wildman–Crippen LogP) is 6.06. The largest absolute Gasteiger partial charge is 0.493 e. The topological polar surface area (TPSA) is 105 Å². The van der Waals surface area contributed by atoms with E-state index >= 15 is 0 Å². The molecule has 1 fully saturated rings. The highest BCUT2D eigenvalue weighted by molar-refractivity contribution is 7.13. The SMILES string of the molecule is CCOC(C)=O.COC(=O)c1ccc(CCC[C@H]2C(=O)C[C@@H](C)[C@@H]2COc2cc(Cl)cc(COC(C)=O)c2)s1. The van der Waals surface area contributed by atoms with E-state index in [0.29, 0.717) is 41.1 Å². The van der Waals surface area contributed by atoms with Gasteiger partial charge in [-0.25, -0.2) is 4.79 Å². The summed E-state index contributed by atoms with van der Waals surface area (Å²) in [5.74, 6) is 0.334. The van der Waals surface area contributed by atoms with Crippen LogP contribution in [0.1, 0.15) is 67.1 Å². The Hall–Kier alpha value is -2.91. The molecule has 1 aliphatic carbocycles. The molecule has 0 amide bonds. The van der Waals surface area contributed by atoms with Crippen molar-refractivity contribution in [2.45, 2.75) is 60.0 Å². The lowest BCUT2D eigenvalue weighted by atomic mass is 9.87. The van der Waals surface area contributed by atoms with Crippen LogP contribution in [0.4, 0.5) is 0 Å². The number of ketones is 1. The molecule has 214 valence electrons. The third-order valence-electron chi connectivity index (χ3n) is 6.33. The van der Waals surface area contributed by atoms with Crippen LogP contribution >= 0.6 is 22.9 Å². The van der Waals surface area contributed by atoms with E-state index in [0.717, 1.165) is 29.7 Å². The summed E-state index contributed by atoms with van der Waals surface area (Å²) in [5, 5.41) is 0.504. The van der Waals surface area contributed by atoms with E-state index in [1.54, 1.807) is 31.2 Å². The summed E-state index contributed by atoms with van der Waals surface area (Å²) in [6, 6.07) is 9.00. The maximum atomic E-state index is 12.7. The van der Waals surface area contributed by atoms with Crippen molar-refractivity contribution in [3.8, 4) is 5.75 Å². The maximum Gasteiger partial charge on any atom is 0.348 e. The van der Waals surface area contributed by atoms with Crippen molar-refractivity contribution >= 4 is 46.6 Å². The number of hydrogen-bond donors (Lipinski definition) is 0. The van der Waals surface area contributed by atoms with E-state index < -0.39 is 0 Å². The van der Waals surface area contributed by atoms with Gasteiger partial charge in [0.2, 0.25) is 0 Å². The molecule has 0 spiro atoms. The molecule has 1 saturated carbocycles. The van der Waals surface area contributed by atoms with Gasteiger partial charge < -0.3 is 18.9 Å². The monoisotopic (exact) mass is 580 g/mol. The van der Waals surface area contributed by atoms with Crippen molar-refractivity contribution in [1.29, 1.82) is 0 Å². The predicted molar refractivity (Wildman–Crippen MR) is 149 cm³/mol. The van der Waals surface area contributed by atoms with Gasteiger partial charge in [-0.05, 0) is 68.0 Å². The van der Waals surface area contributed by atoms with Gasteiger partial charge in [-0.15, -0.1) is 11.3 Å². The van der Waals surface area contributed by atoms with Crippen LogP contribution in [0.3, 0.4) is 0 Å². The number of carbonyl (C=O) groups excluding carboxylic acids is 4. The molecule has 0 N–H and O–H groups in total. The second-order valence-corrected chi connectivity index (χ2v) is 11.0. The number of esters is 3. The second-order valence-electron chi connectivity index (χ2n) is 9.38. The highest BCUT2D eigenvalue weighted by Crippen LogP contribution is 2.38. The third kappa shape index (κ3) is 11.0. The fourth-order valence-corrected chi connectivity index (χ4v) is 5.71. The summed E-state index contributed by atoms with van der Waals surface area (Å²) in [6.07, 6.45) is 3.04. The molecule has 0 aliphatic heterocycles. The summed E-state index contributed by atoms with van der Waals surface area (Å²) in [4.78, 5) is 46.9.